The molecular weight excluding hydrogens is 382 g/mol. The number of anilines is 1. The third-order valence-electron chi connectivity index (χ3n) is 3.78. The number of aromatic hydroxyl groups is 1. The van der Waals surface area contributed by atoms with Crippen molar-refractivity contribution in [1.29, 1.82) is 0 Å². The highest BCUT2D eigenvalue weighted by Gasteiger charge is 2.34. The van der Waals surface area contributed by atoms with Gasteiger partial charge in [0.2, 0.25) is 0 Å². The van der Waals surface area contributed by atoms with Crippen LogP contribution in [0.15, 0.2) is 47.4 Å². The first-order chi connectivity index (χ1) is 13.0. The van der Waals surface area contributed by atoms with Crippen LogP contribution in [0, 0.1) is 0 Å². The zero-order chi connectivity index (χ0) is 19.4. The number of ether oxygens (including phenoxy) is 2. The van der Waals surface area contributed by atoms with Gasteiger partial charge < -0.3 is 14.6 Å². The fourth-order valence-electron chi connectivity index (χ4n) is 2.64. The van der Waals surface area contributed by atoms with Crippen molar-refractivity contribution in [2.75, 3.05) is 18.1 Å². The van der Waals surface area contributed by atoms with Gasteiger partial charge >= 0.3 is 0 Å². The van der Waals surface area contributed by atoms with E-state index in [1.54, 1.807) is 24.3 Å². The molecule has 0 saturated carbocycles. The standard InChI is InChI=1S/C20H19NO4S2/c1-3-24-16-8-6-5-7-14(16)21-19(23)18(27-20(21)26)12-13-9-10-15(22)17(11-13)25-4-2/h5-12,22H,3-4H2,1-2H3. The molecule has 2 aromatic carbocycles. The largest absolute Gasteiger partial charge is 0.504 e. The van der Waals surface area contributed by atoms with Crippen LogP contribution in [-0.4, -0.2) is 28.5 Å². The summed E-state index contributed by atoms with van der Waals surface area (Å²) in [5.41, 5.74) is 1.38. The van der Waals surface area contributed by atoms with E-state index in [1.807, 2.05) is 38.1 Å². The summed E-state index contributed by atoms with van der Waals surface area (Å²) in [4.78, 5) is 15.0. The Bertz CT molecular complexity index is 911. The molecule has 2 aromatic rings. The van der Waals surface area contributed by atoms with Crippen LogP contribution in [0.2, 0.25) is 0 Å². The van der Waals surface area contributed by atoms with Crippen LogP contribution in [0.1, 0.15) is 19.4 Å². The maximum Gasteiger partial charge on any atom is 0.270 e. The van der Waals surface area contributed by atoms with Crippen LogP contribution in [-0.2, 0) is 4.79 Å². The quantitative estimate of drug-likeness (QED) is 0.564. The maximum absolute atomic E-state index is 13.0. The molecular formula is C20H19NO4S2. The smallest absolute Gasteiger partial charge is 0.270 e. The molecule has 3 rings (SSSR count). The number of hydrogen-bond acceptors (Lipinski definition) is 6. The molecule has 0 radical (unpaired) electrons. The van der Waals surface area contributed by atoms with Gasteiger partial charge in [-0.15, -0.1) is 0 Å². The highest BCUT2D eigenvalue weighted by atomic mass is 32.2. The molecule has 1 aliphatic heterocycles. The van der Waals surface area contributed by atoms with Crippen molar-refractivity contribution >= 4 is 46.0 Å². The Morgan fingerprint density at radius 2 is 1.81 bits per heavy atom. The number of phenolic OH excluding ortho intramolecular Hbond substituents is 1. The SMILES string of the molecule is CCOc1cc(C=C2SC(=S)N(c3ccccc3OCC)C2=O)ccc1O. The molecule has 1 saturated heterocycles. The molecule has 0 bridgehead atoms. The van der Waals surface area contributed by atoms with E-state index in [0.29, 0.717) is 39.6 Å². The minimum Gasteiger partial charge on any atom is -0.504 e. The van der Waals surface area contributed by atoms with Gasteiger partial charge in [-0.25, -0.2) is 0 Å². The zero-order valence-corrected chi connectivity index (χ0v) is 16.6. The van der Waals surface area contributed by atoms with E-state index in [1.165, 1.54) is 16.7 Å². The summed E-state index contributed by atoms with van der Waals surface area (Å²) in [5.74, 6) is 0.847. The Balaban J connectivity index is 1.93. The molecule has 0 spiro atoms. The molecule has 1 amide bonds. The lowest BCUT2D eigenvalue weighted by Gasteiger charge is -2.18. The molecule has 140 valence electrons. The van der Waals surface area contributed by atoms with Crippen molar-refractivity contribution in [2.45, 2.75) is 13.8 Å². The second-order valence-electron chi connectivity index (χ2n) is 5.58. The topological polar surface area (TPSA) is 59.0 Å². The van der Waals surface area contributed by atoms with E-state index in [4.69, 9.17) is 21.7 Å². The number of carbonyl (C=O) groups excluding carboxylic acids is 1. The highest BCUT2D eigenvalue weighted by molar-refractivity contribution is 8.27. The number of nitrogens with zero attached hydrogens (tertiary/aromatic N) is 1. The Kier molecular flexibility index (Phi) is 6.03. The molecule has 27 heavy (non-hydrogen) atoms. The van der Waals surface area contributed by atoms with Gasteiger partial charge in [0.25, 0.3) is 5.91 Å². The van der Waals surface area contributed by atoms with Crippen LogP contribution in [0.4, 0.5) is 5.69 Å². The number of carbonyl (C=O) groups is 1. The lowest BCUT2D eigenvalue weighted by atomic mass is 10.2. The van der Waals surface area contributed by atoms with Crippen LogP contribution in [0.3, 0.4) is 0 Å². The van der Waals surface area contributed by atoms with Crippen molar-refractivity contribution in [3.63, 3.8) is 0 Å². The third kappa shape index (κ3) is 4.09. The average molecular weight is 402 g/mol. The first kappa shape index (κ1) is 19.3. The molecule has 1 aliphatic rings. The number of thiocarbonyl (C=S) groups is 1. The molecule has 7 heteroatoms. The summed E-state index contributed by atoms with van der Waals surface area (Å²) in [7, 11) is 0. The first-order valence-electron chi connectivity index (χ1n) is 8.50. The van der Waals surface area contributed by atoms with Gasteiger partial charge in [0.05, 0.1) is 23.8 Å². The summed E-state index contributed by atoms with van der Waals surface area (Å²) in [5, 5.41) is 9.83. The van der Waals surface area contributed by atoms with Gasteiger partial charge in [-0.2, -0.15) is 0 Å². The van der Waals surface area contributed by atoms with Crippen LogP contribution < -0.4 is 14.4 Å². The van der Waals surface area contributed by atoms with Gasteiger partial charge in [-0.05, 0) is 49.8 Å². The fourth-order valence-corrected chi connectivity index (χ4v) is 3.92. The predicted octanol–water partition coefficient (Wildman–Crippen LogP) is 4.60. The number of thioether (sulfide) groups is 1. The van der Waals surface area contributed by atoms with Crippen molar-refractivity contribution in [2.24, 2.45) is 0 Å². The first-order valence-corrected chi connectivity index (χ1v) is 9.73. The summed E-state index contributed by atoms with van der Waals surface area (Å²) in [6.07, 6.45) is 1.74. The third-order valence-corrected chi connectivity index (χ3v) is 5.08. The number of phenols is 1. The van der Waals surface area contributed by atoms with Crippen molar-refractivity contribution < 1.29 is 19.4 Å². The lowest BCUT2D eigenvalue weighted by Crippen LogP contribution is -2.28. The molecule has 0 aromatic heterocycles. The molecule has 1 heterocycles. The summed E-state index contributed by atoms with van der Waals surface area (Å²) < 4.78 is 11.5. The van der Waals surface area contributed by atoms with E-state index in [2.05, 4.69) is 0 Å². The van der Waals surface area contributed by atoms with Crippen molar-refractivity contribution in [3.8, 4) is 17.2 Å². The van der Waals surface area contributed by atoms with E-state index in [0.717, 1.165) is 5.56 Å². The second-order valence-corrected chi connectivity index (χ2v) is 7.25. The Morgan fingerprint density at radius 1 is 1.11 bits per heavy atom. The van der Waals surface area contributed by atoms with Crippen LogP contribution in [0.25, 0.3) is 6.08 Å². The highest BCUT2D eigenvalue weighted by Crippen LogP contribution is 2.40. The molecule has 5 nitrogen and oxygen atoms in total. The number of hydrogen-bond donors (Lipinski definition) is 1. The van der Waals surface area contributed by atoms with Gasteiger partial charge in [0, 0.05) is 0 Å². The number of para-hydroxylation sites is 2. The summed E-state index contributed by atoms with van der Waals surface area (Å²) in [6.45, 7) is 4.66. The lowest BCUT2D eigenvalue weighted by molar-refractivity contribution is -0.113. The van der Waals surface area contributed by atoms with E-state index >= 15 is 0 Å². The molecule has 1 N–H and O–H groups in total. The molecule has 0 unspecified atom stereocenters. The average Bonchev–Trinajstić information content (AvgIpc) is 2.92. The Hall–Kier alpha value is -2.51. The number of benzene rings is 2. The Morgan fingerprint density at radius 3 is 2.56 bits per heavy atom. The normalized spacial score (nSPS) is 15.5. The molecule has 0 atom stereocenters. The van der Waals surface area contributed by atoms with Gasteiger partial charge in [-0.3, -0.25) is 9.69 Å². The molecule has 0 aliphatic carbocycles. The Labute approximate surface area is 167 Å². The van der Waals surface area contributed by atoms with Gasteiger partial charge in [0.15, 0.2) is 15.8 Å². The van der Waals surface area contributed by atoms with Crippen molar-refractivity contribution in [3.05, 3.63) is 52.9 Å². The van der Waals surface area contributed by atoms with E-state index in [-0.39, 0.29) is 11.7 Å². The minimum absolute atomic E-state index is 0.0622. The number of rotatable bonds is 6. The van der Waals surface area contributed by atoms with E-state index in [9.17, 15) is 9.90 Å². The minimum atomic E-state index is -0.205. The van der Waals surface area contributed by atoms with Gasteiger partial charge in [-0.1, -0.05) is 42.2 Å². The summed E-state index contributed by atoms with van der Waals surface area (Å²) in [6, 6.07) is 12.3. The van der Waals surface area contributed by atoms with Crippen LogP contribution >= 0.6 is 24.0 Å². The zero-order valence-electron chi connectivity index (χ0n) is 15.0. The number of amides is 1. The van der Waals surface area contributed by atoms with Crippen molar-refractivity contribution in [1.82, 2.24) is 0 Å². The maximum atomic E-state index is 13.0. The molecule has 1 fully saturated rings. The van der Waals surface area contributed by atoms with E-state index < -0.39 is 0 Å². The van der Waals surface area contributed by atoms with Gasteiger partial charge in [0.1, 0.15) is 5.75 Å². The predicted molar refractivity (Wildman–Crippen MR) is 113 cm³/mol. The summed E-state index contributed by atoms with van der Waals surface area (Å²) >= 11 is 6.66. The second kappa shape index (κ2) is 8.45. The van der Waals surface area contributed by atoms with Crippen LogP contribution in [0.5, 0.6) is 17.2 Å². The fraction of sp³-hybridized carbons (Fsp3) is 0.200. The monoisotopic (exact) mass is 401 g/mol.